The standard InChI is InChI=1S/C12H18ClNO3S/c1-10-5-6-11(9-12(10)13)18(15,16)14(2)7-4-8-17-3/h5-6,9H,4,7-8H2,1-3H3. The molecule has 0 bridgehead atoms. The van der Waals surface area contributed by atoms with Gasteiger partial charge in [0.2, 0.25) is 10.0 Å². The van der Waals surface area contributed by atoms with Crippen molar-refractivity contribution in [2.75, 3.05) is 27.3 Å². The summed E-state index contributed by atoms with van der Waals surface area (Å²) in [6.07, 6.45) is 0.659. The number of ether oxygens (including phenoxy) is 1. The number of halogens is 1. The van der Waals surface area contributed by atoms with Gasteiger partial charge in [-0.3, -0.25) is 0 Å². The van der Waals surface area contributed by atoms with E-state index in [9.17, 15) is 8.42 Å². The molecule has 0 unspecified atom stereocenters. The van der Waals surface area contributed by atoms with Crippen LogP contribution in [-0.2, 0) is 14.8 Å². The molecule has 0 heterocycles. The van der Waals surface area contributed by atoms with E-state index in [1.54, 1.807) is 26.3 Å². The summed E-state index contributed by atoms with van der Waals surface area (Å²) in [5.41, 5.74) is 0.859. The van der Waals surface area contributed by atoms with Gasteiger partial charge in [-0.05, 0) is 31.0 Å². The summed E-state index contributed by atoms with van der Waals surface area (Å²) < 4.78 is 30.6. The van der Waals surface area contributed by atoms with Crippen molar-refractivity contribution in [2.45, 2.75) is 18.2 Å². The molecule has 0 atom stereocenters. The average molecular weight is 292 g/mol. The zero-order valence-electron chi connectivity index (χ0n) is 10.8. The molecule has 1 aromatic rings. The lowest BCUT2D eigenvalue weighted by molar-refractivity contribution is 0.189. The summed E-state index contributed by atoms with van der Waals surface area (Å²) in [4.78, 5) is 0.220. The fraction of sp³-hybridized carbons (Fsp3) is 0.500. The molecule has 102 valence electrons. The first-order valence-corrected chi connectivity index (χ1v) is 7.43. The lowest BCUT2D eigenvalue weighted by atomic mass is 10.2. The number of nitrogens with zero attached hydrogens (tertiary/aromatic N) is 1. The Morgan fingerprint density at radius 1 is 1.39 bits per heavy atom. The van der Waals surface area contributed by atoms with E-state index in [1.807, 2.05) is 6.92 Å². The van der Waals surface area contributed by atoms with Crippen LogP contribution < -0.4 is 0 Å². The van der Waals surface area contributed by atoms with E-state index in [0.29, 0.717) is 24.6 Å². The summed E-state index contributed by atoms with van der Waals surface area (Å²) in [6, 6.07) is 4.76. The van der Waals surface area contributed by atoms with Crippen LogP contribution in [0.3, 0.4) is 0 Å². The van der Waals surface area contributed by atoms with Crippen LogP contribution in [0.5, 0.6) is 0 Å². The summed E-state index contributed by atoms with van der Waals surface area (Å²) in [6.45, 7) is 2.79. The van der Waals surface area contributed by atoms with E-state index in [4.69, 9.17) is 16.3 Å². The highest BCUT2D eigenvalue weighted by molar-refractivity contribution is 7.89. The van der Waals surface area contributed by atoms with Crippen LogP contribution >= 0.6 is 11.6 Å². The number of rotatable bonds is 6. The Bertz CT molecular complexity index is 502. The highest BCUT2D eigenvalue weighted by Crippen LogP contribution is 2.22. The molecule has 0 amide bonds. The third-order valence-corrected chi connectivity index (χ3v) is 4.93. The molecular weight excluding hydrogens is 274 g/mol. The topological polar surface area (TPSA) is 46.6 Å². The fourth-order valence-corrected chi connectivity index (χ4v) is 2.95. The van der Waals surface area contributed by atoms with Crippen molar-refractivity contribution in [1.29, 1.82) is 0 Å². The minimum atomic E-state index is -3.47. The zero-order chi connectivity index (χ0) is 13.8. The van der Waals surface area contributed by atoms with Crippen molar-refractivity contribution in [3.05, 3.63) is 28.8 Å². The molecule has 6 heteroatoms. The lowest BCUT2D eigenvalue weighted by Gasteiger charge is -2.17. The number of hydrogen-bond donors (Lipinski definition) is 0. The van der Waals surface area contributed by atoms with Crippen molar-refractivity contribution in [1.82, 2.24) is 4.31 Å². The molecule has 0 fully saturated rings. The first kappa shape index (κ1) is 15.4. The maximum absolute atomic E-state index is 12.2. The van der Waals surface area contributed by atoms with Crippen LogP contribution in [0, 0.1) is 6.92 Å². The van der Waals surface area contributed by atoms with Gasteiger partial charge in [0.05, 0.1) is 4.90 Å². The summed E-state index contributed by atoms with van der Waals surface area (Å²) in [5.74, 6) is 0. The maximum Gasteiger partial charge on any atom is 0.242 e. The third kappa shape index (κ3) is 3.68. The molecule has 4 nitrogen and oxygen atoms in total. The second kappa shape index (κ2) is 6.52. The minimum Gasteiger partial charge on any atom is -0.385 e. The molecule has 1 rings (SSSR count). The molecule has 0 radical (unpaired) electrons. The van der Waals surface area contributed by atoms with E-state index < -0.39 is 10.0 Å². The van der Waals surface area contributed by atoms with Crippen molar-refractivity contribution in [2.24, 2.45) is 0 Å². The molecule has 18 heavy (non-hydrogen) atoms. The monoisotopic (exact) mass is 291 g/mol. The lowest BCUT2D eigenvalue weighted by Crippen LogP contribution is -2.28. The van der Waals surface area contributed by atoms with Gasteiger partial charge in [0, 0.05) is 32.3 Å². The number of benzene rings is 1. The Labute approximate surface area is 114 Å². The molecule has 0 saturated heterocycles. The first-order chi connectivity index (χ1) is 8.39. The second-order valence-electron chi connectivity index (χ2n) is 4.08. The smallest absolute Gasteiger partial charge is 0.242 e. The fourth-order valence-electron chi connectivity index (χ4n) is 1.47. The first-order valence-electron chi connectivity index (χ1n) is 5.61. The van der Waals surface area contributed by atoms with Gasteiger partial charge in [0.15, 0.2) is 0 Å². The molecule has 0 N–H and O–H groups in total. The Morgan fingerprint density at radius 2 is 2.06 bits per heavy atom. The van der Waals surface area contributed by atoms with Crippen LogP contribution in [0.25, 0.3) is 0 Å². The molecule has 0 saturated carbocycles. The molecule has 0 spiro atoms. The van der Waals surface area contributed by atoms with Crippen molar-refractivity contribution in [3.8, 4) is 0 Å². The maximum atomic E-state index is 12.2. The van der Waals surface area contributed by atoms with Crippen LogP contribution in [0.4, 0.5) is 0 Å². The summed E-state index contributed by atoms with van der Waals surface area (Å²) in [5, 5.41) is 0.460. The van der Waals surface area contributed by atoms with E-state index in [0.717, 1.165) is 5.56 Å². The molecular formula is C12H18ClNO3S. The van der Waals surface area contributed by atoms with Gasteiger partial charge in [0.25, 0.3) is 0 Å². The highest BCUT2D eigenvalue weighted by atomic mass is 35.5. The Balaban J connectivity index is 2.88. The van der Waals surface area contributed by atoms with Crippen molar-refractivity contribution < 1.29 is 13.2 Å². The quantitative estimate of drug-likeness (QED) is 0.756. The Kier molecular flexibility index (Phi) is 5.59. The van der Waals surface area contributed by atoms with E-state index >= 15 is 0 Å². The Morgan fingerprint density at radius 3 is 2.61 bits per heavy atom. The van der Waals surface area contributed by atoms with Gasteiger partial charge in [-0.1, -0.05) is 17.7 Å². The van der Waals surface area contributed by atoms with Gasteiger partial charge in [-0.15, -0.1) is 0 Å². The van der Waals surface area contributed by atoms with Crippen LogP contribution in [0.2, 0.25) is 5.02 Å². The van der Waals surface area contributed by atoms with Crippen molar-refractivity contribution >= 4 is 21.6 Å². The molecule has 0 aliphatic carbocycles. The predicted molar refractivity (Wildman–Crippen MR) is 72.5 cm³/mol. The van der Waals surface area contributed by atoms with Gasteiger partial charge in [0.1, 0.15) is 0 Å². The third-order valence-electron chi connectivity index (χ3n) is 2.67. The molecule has 0 aliphatic heterocycles. The normalized spacial score (nSPS) is 12.1. The zero-order valence-corrected chi connectivity index (χ0v) is 12.4. The van der Waals surface area contributed by atoms with Crippen LogP contribution in [0.1, 0.15) is 12.0 Å². The van der Waals surface area contributed by atoms with E-state index in [2.05, 4.69) is 0 Å². The van der Waals surface area contributed by atoms with Crippen LogP contribution in [-0.4, -0.2) is 40.0 Å². The van der Waals surface area contributed by atoms with Crippen LogP contribution in [0.15, 0.2) is 23.1 Å². The van der Waals surface area contributed by atoms with Gasteiger partial charge in [-0.2, -0.15) is 0 Å². The number of sulfonamides is 1. The molecule has 0 aromatic heterocycles. The van der Waals surface area contributed by atoms with E-state index in [1.165, 1.54) is 10.4 Å². The SMILES string of the molecule is COCCCN(C)S(=O)(=O)c1ccc(C)c(Cl)c1. The molecule has 1 aromatic carbocycles. The molecule has 0 aliphatic rings. The van der Waals surface area contributed by atoms with Gasteiger partial charge < -0.3 is 4.74 Å². The Hall–Kier alpha value is -0.620. The average Bonchev–Trinajstić information content (AvgIpc) is 2.32. The number of hydrogen-bond acceptors (Lipinski definition) is 3. The number of methoxy groups -OCH3 is 1. The summed E-state index contributed by atoms with van der Waals surface area (Å²) in [7, 11) is -0.320. The minimum absolute atomic E-state index is 0.220. The predicted octanol–water partition coefficient (Wildman–Crippen LogP) is 2.31. The largest absolute Gasteiger partial charge is 0.385 e. The highest BCUT2D eigenvalue weighted by Gasteiger charge is 2.20. The number of aryl methyl sites for hydroxylation is 1. The van der Waals surface area contributed by atoms with Crippen molar-refractivity contribution in [3.63, 3.8) is 0 Å². The van der Waals surface area contributed by atoms with Gasteiger partial charge in [-0.25, -0.2) is 12.7 Å². The van der Waals surface area contributed by atoms with E-state index in [-0.39, 0.29) is 4.90 Å². The second-order valence-corrected chi connectivity index (χ2v) is 6.54. The summed E-state index contributed by atoms with van der Waals surface area (Å²) >= 11 is 5.95. The van der Waals surface area contributed by atoms with Gasteiger partial charge >= 0.3 is 0 Å².